The Labute approximate surface area is 186 Å². The highest BCUT2D eigenvalue weighted by Gasteiger charge is 2.18. The first-order valence-corrected chi connectivity index (χ1v) is 10.9. The summed E-state index contributed by atoms with van der Waals surface area (Å²) >= 11 is 1.48. The summed E-state index contributed by atoms with van der Waals surface area (Å²) in [5, 5.41) is 0.887. The van der Waals surface area contributed by atoms with Gasteiger partial charge in [0, 0.05) is 10.4 Å². The van der Waals surface area contributed by atoms with Gasteiger partial charge >= 0.3 is 0 Å². The van der Waals surface area contributed by atoms with E-state index in [2.05, 4.69) is 15.8 Å². The second-order valence-corrected chi connectivity index (χ2v) is 8.83. The third-order valence-corrected chi connectivity index (χ3v) is 5.97. The normalized spacial score (nSPS) is 11.6. The topological polar surface area (TPSA) is 80.3 Å². The summed E-state index contributed by atoms with van der Waals surface area (Å²) in [7, 11) is 0. The molecule has 0 radical (unpaired) electrons. The van der Waals surface area contributed by atoms with E-state index in [0.29, 0.717) is 5.75 Å². The lowest BCUT2D eigenvalue weighted by Gasteiger charge is -2.17. The summed E-state index contributed by atoms with van der Waals surface area (Å²) in [6.45, 7) is 9.51. The van der Waals surface area contributed by atoms with E-state index in [1.165, 1.54) is 11.3 Å². The van der Waals surface area contributed by atoms with Gasteiger partial charge in [0.05, 0.1) is 17.1 Å². The Morgan fingerprint density at radius 2 is 1.74 bits per heavy atom. The number of amides is 2. The monoisotopic (exact) mass is 437 g/mol. The zero-order valence-corrected chi connectivity index (χ0v) is 19.2. The molecule has 0 spiro atoms. The summed E-state index contributed by atoms with van der Waals surface area (Å²) in [6.07, 6.45) is -0.629. The van der Waals surface area contributed by atoms with Gasteiger partial charge in [-0.15, -0.1) is 11.3 Å². The molecule has 1 heterocycles. The van der Waals surface area contributed by atoms with Crippen LogP contribution in [-0.2, 0) is 16.0 Å². The van der Waals surface area contributed by atoms with E-state index in [4.69, 9.17) is 4.74 Å². The van der Waals surface area contributed by atoms with Crippen LogP contribution in [0.5, 0.6) is 5.75 Å². The standard InChI is InChI=1S/C24H27N3O3S/c1-14-9-11-19(12-10-14)23-21(31-18(5)25-23)13-22(28)26-27-24(29)17(4)30-20-8-6-7-15(2)16(20)3/h6-12,17H,13H2,1-5H3,(H,26,28)(H,27,29). The second-order valence-electron chi connectivity index (χ2n) is 7.54. The number of aromatic nitrogens is 1. The molecule has 0 saturated carbocycles. The van der Waals surface area contributed by atoms with E-state index in [1.54, 1.807) is 6.92 Å². The third kappa shape index (κ3) is 5.70. The average Bonchev–Trinajstić information content (AvgIpc) is 3.10. The highest BCUT2D eigenvalue weighted by atomic mass is 32.1. The fourth-order valence-electron chi connectivity index (χ4n) is 3.04. The van der Waals surface area contributed by atoms with E-state index >= 15 is 0 Å². The minimum atomic E-state index is -0.755. The van der Waals surface area contributed by atoms with Gasteiger partial charge in [-0.2, -0.15) is 0 Å². The molecule has 0 aliphatic rings. The van der Waals surface area contributed by atoms with Crippen molar-refractivity contribution >= 4 is 23.2 Å². The zero-order chi connectivity index (χ0) is 22.5. The molecule has 31 heavy (non-hydrogen) atoms. The Balaban J connectivity index is 1.58. The number of rotatable bonds is 6. The quantitative estimate of drug-likeness (QED) is 0.567. The van der Waals surface area contributed by atoms with E-state index in [9.17, 15) is 9.59 Å². The number of hydrogen-bond donors (Lipinski definition) is 2. The number of nitrogens with one attached hydrogen (secondary N) is 2. The number of carbonyl (C=O) groups is 2. The van der Waals surface area contributed by atoms with Crippen molar-refractivity contribution in [3.8, 4) is 17.0 Å². The van der Waals surface area contributed by atoms with Crippen LogP contribution in [0.4, 0.5) is 0 Å². The molecule has 0 saturated heterocycles. The molecular formula is C24H27N3O3S. The Morgan fingerprint density at radius 1 is 1.03 bits per heavy atom. The molecule has 6 nitrogen and oxygen atoms in total. The molecule has 162 valence electrons. The summed E-state index contributed by atoms with van der Waals surface area (Å²) in [6, 6.07) is 13.7. The minimum absolute atomic E-state index is 0.126. The van der Waals surface area contributed by atoms with Gasteiger partial charge in [0.1, 0.15) is 5.75 Å². The highest BCUT2D eigenvalue weighted by molar-refractivity contribution is 7.12. The Kier molecular flexibility index (Phi) is 7.07. The molecular weight excluding hydrogens is 410 g/mol. The van der Waals surface area contributed by atoms with Gasteiger partial charge in [0.15, 0.2) is 6.10 Å². The predicted octanol–water partition coefficient (Wildman–Crippen LogP) is 4.20. The third-order valence-electron chi connectivity index (χ3n) is 5.00. The zero-order valence-electron chi connectivity index (χ0n) is 18.4. The van der Waals surface area contributed by atoms with Crippen molar-refractivity contribution in [1.82, 2.24) is 15.8 Å². The van der Waals surface area contributed by atoms with Gasteiger partial charge in [0.2, 0.25) is 5.91 Å². The van der Waals surface area contributed by atoms with Crippen LogP contribution in [0.2, 0.25) is 0 Å². The van der Waals surface area contributed by atoms with Gasteiger partial charge in [-0.05, 0) is 51.8 Å². The molecule has 2 N–H and O–H groups in total. The number of carbonyl (C=O) groups excluding carboxylic acids is 2. The van der Waals surface area contributed by atoms with Crippen molar-refractivity contribution < 1.29 is 14.3 Å². The lowest BCUT2D eigenvalue weighted by molar-refractivity contribution is -0.132. The summed E-state index contributed by atoms with van der Waals surface area (Å²) in [4.78, 5) is 30.3. The number of nitrogens with zero attached hydrogens (tertiary/aromatic N) is 1. The lowest BCUT2D eigenvalue weighted by atomic mass is 10.1. The van der Waals surface area contributed by atoms with Crippen molar-refractivity contribution in [1.29, 1.82) is 0 Å². The minimum Gasteiger partial charge on any atom is -0.481 e. The SMILES string of the molecule is Cc1ccc(-c2nc(C)sc2CC(=O)NNC(=O)C(C)Oc2cccc(C)c2C)cc1. The van der Waals surface area contributed by atoms with E-state index in [-0.39, 0.29) is 12.3 Å². The number of thiazole rings is 1. The van der Waals surface area contributed by atoms with Gasteiger partial charge < -0.3 is 4.74 Å². The first-order valence-electron chi connectivity index (χ1n) is 10.1. The highest BCUT2D eigenvalue weighted by Crippen LogP contribution is 2.28. The van der Waals surface area contributed by atoms with Crippen molar-refractivity contribution in [2.45, 2.75) is 47.1 Å². The van der Waals surface area contributed by atoms with Gasteiger partial charge in [-0.1, -0.05) is 42.0 Å². The molecule has 3 rings (SSSR count). The Morgan fingerprint density at radius 3 is 2.45 bits per heavy atom. The maximum absolute atomic E-state index is 12.5. The predicted molar refractivity (Wildman–Crippen MR) is 123 cm³/mol. The molecule has 0 fully saturated rings. The molecule has 0 aliphatic carbocycles. The fraction of sp³-hybridized carbons (Fsp3) is 0.292. The van der Waals surface area contributed by atoms with Gasteiger partial charge in [-0.25, -0.2) is 4.98 Å². The largest absolute Gasteiger partial charge is 0.481 e. The molecule has 1 unspecified atom stereocenters. The average molecular weight is 438 g/mol. The molecule has 1 aromatic heterocycles. The number of hydrazine groups is 1. The molecule has 2 aromatic carbocycles. The van der Waals surface area contributed by atoms with Crippen LogP contribution in [0.1, 0.15) is 33.5 Å². The Bertz CT molecular complexity index is 1090. The van der Waals surface area contributed by atoms with Crippen molar-refractivity contribution in [2.75, 3.05) is 0 Å². The van der Waals surface area contributed by atoms with Crippen LogP contribution in [0.15, 0.2) is 42.5 Å². The van der Waals surface area contributed by atoms with Gasteiger partial charge in [0.25, 0.3) is 5.91 Å². The maximum Gasteiger partial charge on any atom is 0.279 e. The smallest absolute Gasteiger partial charge is 0.279 e. The van der Waals surface area contributed by atoms with Crippen LogP contribution >= 0.6 is 11.3 Å². The fourth-order valence-corrected chi connectivity index (χ4v) is 4.00. The molecule has 2 amide bonds. The van der Waals surface area contributed by atoms with Crippen LogP contribution in [0, 0.1) is 27.7 Å². The van der Waals surface area contributed by atoms with Gasteiger partial charge in [-0.3, -0.25) is 20.4 Å². The van der Waals surface area contributed by atoms with Crippen molar-refractivity contribution in [3.05, 3.63) is 69.0 Å². The number of hydrogen-bond acceptors (Lipinski definition) is 5. The first-order chi connectivity index (χ1) is 14.7. The molecule has 0 aliphatic heterocycles. The summed E-state index contributed by atoms with van der Waals surface area (Å²) < 4.78 is 5.76. The summed E-state index contributed by atoms with van der Waals surface area (Å²) in [5.74, 6) is -0.0883. The van der Waals surface area contributed by atoms with Crippen LogP contribution in [-0.4, -0.2) is 22.9 Å². The van der Waals surface area contributed by atoms with Crippen LogP contribution in [0.25, 0.3) is 11.3 Å². The maximum atomic E-state index is 12.5. The van der Waals surface area contributed by atoms with E-state index in [0.717, 1.165) is 37.8 Å². The number of benzene rings is 2. The van der Waals surface area contributed by atoms with E-state index < -0.39 is 12.0 Å². The van der Waals surface area contributed by atoms with E-state index in [1.807, 2.05) is 70.2 Å². The molecule has 1 atom stereocenters. The number of ether oxygens (including phenoxy) is 1. The van der Waals surface area contributed by atoms with Crippen LogP contribution in [0.3, 0.4) is 0 Å². The van der Waals surface area contributed by atoms with Crippen molar-refractivity contribution in [3.63, 3.8) is 0 Å². The molecule has 7 heteroatoms. The lowest BCUT2D eigenvalue weighted by Crippen LogP contribution is -2.47. The van der Waals surface area contributed by atoms with Crippen LogP contribution < -0.4 is 15.6 Å². The van der Waals surface area contributed by atoms with Crippen molar-refractivity contribution in [2.24, 2.45) is 0 Å². The molecule has 0 bridgehead atoms. The Hall–Kier alpha value is -3.19. The molecule has 3 aromatic rings. The second kappa shape index (κ2) is 9.75. The number of aryl methyl sites for hydroxylation is 3. The summed E-state index contributed by atoms with van der Waals surface area (Å²) in [5.41, 5.74) is 9.93. The first kappa shape index (κ1) is 22.5.